The first-order valence-corrected chi connectivity index (χ1v) is 7.91. The minimum Gasteiger partial charge on any atom is -0.545 e. The van der Waals surface area contributed by atoms with Gasteiger partial charge in [-0.15, -0.1) is 0 Å². The van der Waals surface area contributed by atoms with Gasteiger partial charge in [0.15, 0.2) is 0 Å². The number of rotatable bonds is 3. The van der Waals surface area contributed by atoms with Gasteiger partial charge in [0.05, 0.1) is 20.8 Å². The summed E-state index contributed by atoms with van der Waals surface area (Å²) in [4.78, 5) is 33.8. The number of carbonyl (C=O) groups is 3. The van der Waals surface area contributed by atoms with Crippen molar-refractivity contribution >= 4 is 91.2 Å². The van der Waals surface area contributed by atoms with E-state index >= 15 is 0 Å². The molecule has 0 radical (unpaired) electrons. The molecule has 0 spiro atoms. The van der Waals surface area contributed by atoms with Crippen molar-refractivity contribution in [1.29, 1.82) is 0 Å². The van der Waals surface area contributed by atoms with Crippen molar-refractivity contribution in [2.75, 3.05) is 5.32 Å². The van der Waals surface area contributed by atoms with Crippen molar-refractivity contribution in [3.63, 3.8) is 0 Å². The predicted octanol–water partition coefficient (Wildman–Crippen LogP) is -2.07. The van der Waals surface area contributed by atoms with Gasteiger partial charge in [-0.25, -0.2) is 0 Å². The van der Waals surface area contributed by atoms with E-state index in [0.717, 1.165) is 0 Å². The Balaban J connectivity index is 0.00000361. The van der Waals surface area contributed by atoms with Crippen molar-refractivity contribution in [2.45, 2.75) is 6.92 Å². The number of carboxylic acid groups (broad SMARTS) is 1. The maximum atomic E-state index is 11.5. The summed E-state index contributed by atoms with van der Waals surface area (Å²) in [7, 11) is 0. The zero-order valence-electron chi connectivity index (χ0n) is 10.3. The van der Waals surface area contributed by atoms with Crippen LogP contribution in [-0.4, -0.2) is 17.8 Å². The van der Waals surface area contributed by atoms with Gasteiger partial charge in [0.25, 0.3) is 5.91 Å². The van der Waals surface area contributed by atoms with Crippen LogP contribution in [0.3, 0.4) is 0 Å². The molecule has 102 valence electrons. The molecule has 0 heterocycles. The van der Waals surface area contributed by atoms with Crippen LogP contribution in [0.15, 0.2) is 0 Å². The van der Waals surface area contributed by atoms with Gasteiger partial charge in [0.1, 0.15) is 0 Å². The molecule has 6 nitrogen and oxygen atoms in total. The maximum Gasteiger partial charge on any atom is 1.00 e. The van der Waals surface area contributed by atoms with Crippen molar-refractivity contribution in [3.8, 4) is 0 Å². The summed E-state index contributed by atoms with van der Waals surface area (Å²) in [5.41, 5.74) is 5.42. The van der Waals surface area contributed by atoms with Crippen LogP contribution in [0.2, 0.25) is 0 Å². The molecule has 20 heavy (non-hydrogen) atoms. The monoisotopic (exact) mass is 622 g/mol. The van der Waals surface area contributed by atoms with E-state index < -0.39 is 11.9 Å². The Morgan fingerprint density at radius 1 is 1.05 bits per heavy atom. The largest absolute Gasteiger partial charge is 1.00 e. The maximum absolute atomic E-state index is 11.5. The van der Waals surface area contributed by atoms with Gasteiger partial charge >= 0.3 is 29.6 Å². The number of halogens is 3. The number of primary amides is 1. The number of hydrogen-bond acceptors (Lipinski definition) is 4. The fourth-order valence-corrected chi connectivity index (χ4v) is 5.75. The molecule has 0 saturated carbocycles. The number of nitrogens with one attached hydrogen (secondary N) is 1. The summed E-state index contributed by atoms with van der Waals surface area (Å²) in [5, 5.41) is 13.7. The second-order valence-electron chi connectivity index (χ2n) is 3.40. The average molecular weight is 622 g/mol. The Morgan fingerprint density at radius 2 is 1.50 bits per heavy atom. The van der Waals surface area contributed by atoms with E-state index in [0.29, 0.717) is 7.14 Å². The van der Waals surface area contributed by atoms with Crippen LogP contribution in [0.25, 0.3) is 0 Å². The fourth-order valence-electron chi connectivity index (χ4n) is 1.35. The van der Waals surface area contributed by atoms with E-state index in [1.54, 1.807) is 45.2 Å². The summed E-state index contributed by atoms with van der Waals surface area (Å²) in [6.45, 7) is 1.28. The van der Waals surface area contributed by atoms with Crippen molar-refractivity contribution < 1.29 is 49.0 Å². The molecule has 0 aromatic heterocycles. The first kappa shape index (κ1) is 20.8. The van der Waals surface area contributed by atoms with E-state index in [1.165, 1.54) is 6.92 Å². The van der Waals surface area contributed by atoms with Crippen molar-refractivity contribution in [2.24, 2.45) is 5.73 Å². The van der Waals surface area contributed by atoms with Crippen LogP contribution in [0.4, 0.5) is 5.69 Å². The Hall–Kier alpha value is 0.820. The summed E-state index contributed by atoms with van der Waals surface area (Å²) in [6.07, 6.45) is 0. The molecule has 0 bridgehead atoms. The standard InChI is InChI=1S/C10H7I3N2O4.Na/c1-2(16)15-8-6(12)3(9(14)17)5(11)4(7(8)13)10(18)19;/h1H3,(H2,14,17)(H,15,16)(H,18,19);/q;+1/p-1. The number of hydrogen-bond donors (Lipinski definition) is 2. The average Bonchev–Trinajstić information content (AvgIpc) is 2.22. The zero-order chi connectivity index (χ0) is 14.9. The van der Waals surface area contributed by atoms with Crippen LogP contribution in [-0.2, 0) is 4.79 Å². The molecule has 0 aliphatic carbocycles. The Labute approximate surface area is 177 Å². The number of nitrogens with two attached hydrogens (primary N) is 1. The summed E-state index contributed by atoms with van der Waals surface area (Å²) in [5.74, 6) is -2.57. The third-order valence-corrected chi connectivity index (χ3v) is 5.30. The minimum atomic E-state index is -1.43. The number of amides is 2. The van der Waals surface area contributed by atoms with Crippen LogP contribution in [0.1, 0.15) is 27.6 Å². The van der Waals surface area contributed by atoms with E-state index in [2.05, 4.69) is 5.32 Å². The Morgan fingerprint density at radius 3 is 1.85 bits per heavy atom. The molecule has 10 heteroatoms. The third-order valence-electron chi connectivity index (χ3n) is 2.07. The molecule has 0 unspecified atom stereocenters. The molecule has 1 rings (SSSR count). The Kier molecular flexibility index (Phi) is 8.80. The van der Waals surface area contributed by atoms with Crippen LogP contribution in [0.5, 0.6) is 0 Å². The number of carbonyl (C=O) groups excluding carboxylic acids is 3. The fraction of sp³-hybridized carbons (Fsp3) is 0.100. The molecular weight excluding hydrogens is 616 g/mol. The van der Waals surface area contributed by atoms with Gasteiger partial charge in [-0.1, -0.05) is 0 Å². The quantitative estimate of drug-likeness (QED) is 0.298. The predicted molar refractivity (Wildman–Crippen MR) is 91.7 cm³/mol. The van der Waals surface area contributed by atoms with Crippen molar-refractivity contribution in [1.82, 2.24) is 0 Å². The van der Waals surface area contributed by atoms with E-state index in [9.17, 15) is 19.5 Å². The minimum absolute atomic E-state index is 0. The molecular formula is C10H6I3N2NaO4. The first-order valence-electron chi connectivity index (χ1n) is 4.67. The van der Waals surface area contributed by atoms with Crippen LogP contribution in [0, 0.1) is 10.7 Å². The molecule has 1 aromatic rings. The van der Waals surface area contributed by atoms with Gasteiger partial charge in [-0.05, 0) is 67.8 Å². The number of anilines is 1. The van der Waals surface area contributed by atoms with Gasteiger partial charge in [-0.3, -0.25) is 9.59 Å². The smallest absolute Gasteiger partial charge is 0.545 e. The van der Waals surface area contributed by atoms with Crippen LogP contribution < -0.4 is 45.7 Å². The summed E-state index contributed by atoms with van der Waals surface area (Å²) < 4.78 is 0.902. The van der Waals surface area contributed by atoms with Gasteiger partial charge in [0, 0.05) is 19.6 Å². The first-order chi connectivity index (χ1) is 8.68. The number of carboxylic acids is 1. The molecule has 0 atom stereocenters. The van der Waals surface area contributed by atoms with Gasteiger partial charge in [-0.2, -0.15) is 0 Å². The molecule has 0 saturated heterocycles. The second kappa shape index (κ2) is 8.45. The van der Waals surface area contributed by atoms with Gasteiger partial charge < -0.3 is 21.0 Å². The summed E-state index contributed by atoms with van der Waals surface area (Å²) in [6, 6.07) is 0. The van der Waals surface area contributed by atoms with Crippen molar-refractivity contribution in [3.05, 3.63) is 21.8 Å². The molecule has 0 fully saturated rings. The summed E-state index contributed by atoms with van der Waals surface area (Å²) >= 11 is 5.36. The van der Waals surface area contributed by atoms with Gasteiger partial charge in [0.2, 0.25) is 5.91 Å². The normalized spacial score (nSPS) is 9.60. The molecule has 2 amide bonds. The number of benzene rings is 1. The topological polar surface area (TPSA) is 112 Å². The van der Waals surface area contributed by atoms with E-state index in [-0.39, 0.29) is 55.8 Å². The second-order valence-corrected chi connectivity index (χ2v) is 6.64. The molecule has 3 N–H and O–H groups in total. The zero-order valence-corrected chi connectivity index (χ0v) is 18.8. The molecule has 1 aromatic carbocycles. The molecule has 0 aliphatic rings. The SMILES string of the molecule is CC(=O)Nc1c(I)c(C(N)=O)c(I)c(C(=O)[O-])c1I.[Na+]. The Bertz CT molecular complexity index is 566. The molecule has 0 aliphatic heterocycles. The van der Waals surface area contributed by atoms with E-state index in [1.807, 2.05) is 22.6 Å². The van der Waals surface area contributed by atoms with Crippen LogP contribution >= 0.6 is 67.8 Å². The van der Waals surface area contributed by atoms with E-state index in [4.69, 9.17) is 5.73 Å². The number of aromatic carboxylic acids is 1. The third kappa shape index (κ3) is 4.41.